The zero-order chi connectivity index (χ0) is 11.5. The molecule has 1 atom stereocenters. The molecule has 0 aliphatic carbocycles. The highest BCUT2D eigenvalue weighted by molar-refractivity contribution is 9.09. The molecule has 0 amide bonds. The molecule has 1 fully saturated rings. The van der Waals surface area contributed by atoms with Crippen molar-refractivity contribution in [2.24, 2.45) is 5.92 Å². The molecule has 16 heavy (non-hydrogen) atoms. The highest BCUT2D eigenvalue weighted by Crippen LogP contribution is 2.30. The van der Waals surface area contributed by atoms with Crippen LogP contribution in [0.5, 0.6) is 0 Å². The summed E-state index contributed by atoms with van der Waals surface area (Å²) in [6.45, 7) is 6.65. The normalized spacial score (nSPS) is 21.4. The first kappa shape index (κ1) is 12.4. The minimum absolute atomic E-state index is 0.845. The lowest BCUT2D eigenvalue weighted by molar-refractivity contribution is 0.407. The third-order valence-corrected chi connectivity index (χ3v) is 4.92. The van der Waals surface area contributed by atoms with Gasteiger partial charge in [-0.1, -0.05) is 15.9 Å². The summed E-state index contributed by atoms with van der Waals surface area (Å²) in [5.74, 6) is 0.845. The quantitative estimate of drug-likeness (QED) is 0.790. The molecular formula is C12H19BrN2S. The predicted octanol–water partition coefficient (Wildman–Crippen LogP) is 3.76. The Kier molecular flexibility index (Phi) is 4.25. The van der Waals surface area contributed by atoms with Crippen molar-refractivity contribution in [1.29, 1.82) is 0 Å². The summed E-state index contributed by atoms with van der Waals surface area (Å²) in [5.41, 5.74) is 1.20. The van der Waals surface area contributed by atoms with Crippen LogP contribution in [0.3, 0.4) is 0 Å². The highest BCUT2D eigenvalue weighted by Gasteiger charge is 2.21. The van der Waals surface area contributed by atoms with Crippen molar-refractivity contribution in [3.63, 3.8) is 0 Å². The van der Waals surface area contributed by atoms with Crippen molar-refractivity contribution in [2.75, 3.05) is 23.3 Å². The molecule has 1 aromatic rings. The Labute approximate surface area is 110 Å². The number of thiazole rings is 1. The van der Waals surface area contributed by atoms with Crippen LogP contribution in [0.2, 0.25) is 0 Å². The molecular weight excluding hydrogens is 284 g/mol. The lowest BCUT2D eigenvalue weighted by atomic mass is 9.96. The Morgan fingerprint density at radius 1 is 1.50 bits per heavy atom. The molecule has 1 unspecified atom stereocenters. The largest absolute Gasteiger partial charge is 0.348 e. The van der Waals surface area contributed by atoms with Gasteiger partial charge in [-0.05, 0) is 39.0 Å². The molecule has 4 heteroatoms. The molecule has 1 aliphatic heterocycles. The van der Waals surface area contributed by atoms with Crippen LogP contribution >= 0.6 is 27.3 Å². The van der Waals surface area contributed by atoms with Crippen LogP contribution in [0.15, 0.2) is 0 Å². The van der Waals surface area contributed by atoms with Crippen LogP contribution < -0.4 is 4.90 Å². The third kappa shape index (κ3) is 2.77. The Morgan fingerprint density at radius 3 is 2.94 bits per heavy atom. The van der Waals surface area contributed by atoms with Gasteiger partial charge in [0.05, 0.1) is 5.69 Å². The monoisotopic (exact) mass is 302 g/mol. The maximum atomic E-state index is 4.66. The highest BCUT2D eigenvalue weighted by atomic mass is 79.9. The van der Waals surface area contributed by atoms with Gasteiger partial charge in [-0.25, -0.2) is 4.98 Å². The fraction of sp³-hybridized carbons (Fsp3) is 0.750. The van der Waals surface area contributed by atoms with Gasteiger partial charge in [-0.15, -0.1) is 11.3 Å². The molecule has 2 nitrogen and oxygen atoms in total. The maximum absolute atomic E-state index is 4.66. The Bertz CT molecular complexity index is 329. The second kappa shape index (κ2) is 5.50. The van der Waals surface area contributed by atoms with E-state index in [0.717, 1.165) is 11.2 Å². The second-order valence-electron chi connectivity index (χ2n) is 4.57. The molecule has 90 valence electrons. The van der Waals surface area contributed by atoms with Gasteiger partial charge >= 0.3 is 0 Å². The summed E-state index contributed by atoms with van der Waals surface area (Å²) < 4.78 is 0. The van der Waals surface area contributed by atoms with Gasteiger partial charge in [0.2, 0.25) is 0 Å². The minimum atomic E-state index is 0.845. The van der Waals surface area contributed by atoms with E-state index in [-0.39, 0.29) is 0 Å². The number of hydrogen-bond donors (Lipinski definition) is 0. The van der Waals surface area contributed by atoms with E-state index in [9.17, 15) is 0 Å². The number of alkyl halides is 1. The molecule has 1 aromatic heterocycles. The van der Waals surface area contributed by atoms with Gasteiger partial charge < -0.3 is 4.90 Å². The molecule has 2 heterocycles. The van der Waals surface area contributed by atoms with Crippen molar-refractivity contribution >= 4 is 32.4 Å². The second-order valence-corrected chi connectivity index (χ2v) is 6.54. The SMILES string of the molecule is Cc1nc(N2CCCC(CCBr)C2)sc1C. The molecule has 2 rings (SSSR count). The maximum Gasteiger partial charge on any atom is 0.185 e. The molecule has 0 bridgehead atoms. The number of aryl methyl sites for hydroxylation is 2. The first-order chi connectivity index (χ1) is 7.70. The summed E-state index contributed by atoms with van der Waals surface area (Å²) in [6.07, 6.45) is 3.99. The number of nitrogens with zero attached hydrogens (tertiary/aromatic N) is 2. The smallest absolute Gasteiger partial charge is 0.185 e. The van der Waals surface area contributed by atoms with Crippen molar-refractivity contribution in [1.82, 2.24) is 4.98 Å². The number of rotatable bonds is 3. The van der Waals surface area contributed by atoms with Crippen LogP contribution in [0.1, 0.15) is 29.8 Å². The van der Waals surface area contributed by atoms with E-state index in [1.54, 1.807) is 0 Å². The molecule has 1 saturated heterocycles. The van der Waals surface area contributed by atoms with E-state index in [2.05, 4.69) is 39.7 Å². The Hall–Kier alpha value is -0.0900. The van der Waals surface area contributed by atoms with Crippen molar-refractivity contribution in [2.45, 2.75) is 33.1 Å². The van der Waals surface area contributed by atoms with Gasteiger partial charge in [0.1, 0.15) is 0 Å². The van der Waals surface area contributed by atoms with Gasteiger partial charge in [0, 0.05) is 23.3 Å². The number of anilines is 1. The summed E-state index contributed by atoms with van der Waals surface area (Å²) in [6, 6.07) is 0. The zero-order valence-corrected chi connectivity index (χ0v) is 12.4. The minimum Gasteiger partial charge on any atom is -0.348 e. The van der Waals surface area contributed by atoms with E-state index < -0.39 is 0 Å². The average molecular weight is 303 g/mol. The first-order valence-electron chi connectivity index (χ1n) is 5.95. The van der Waals surface area contributed by atoms with E-state index >= 15 is 0 Å². The van der Waals surface area contributed by atoms with Gasteiger partial charge in [-0.2, -0.15) is 0 Å². The molecule has 0 aromatic carbocycles. The van der Waals surface area contributed by atoms with E-state index in [1.165, 1.54) is 48.1 Å². The van der Waals surface area contributed by atoms with Crippen LogP contribution in [0, 0.1) is 19.8 Å². The molecule has 0 radical (unpaired) electrons. The third-order valence-electron chi connectivity index (χ3n) is 3.32. The molecule has 1 aliphatic rings. The molecule has 0 N–H and O–H groups in total. The summed E-state index contributed by atoms with van der Waals surface area (Å²) in [4.78, 5) is 8.49. The number of hydrogen-bond acceptors (Lipinski definition) is 3. The van der Waals surface area contributed by atoms with Crippen molar-refractivity contribution in [3.05, 3.63) is 10.6 Å². The summed E-state index contributed by atoms with van der Waals surface area (Å²) in [7, 11) is 0. The fourth-order valence-electron chi connectivity index (χ4n) is 2.22. The van der Waals surface area contributed by atoms with E-state index in [0.29, 0.717) is 0 Å². The molecule has 0 saturated carbocycles. The molecule has 0 spiro atoms. The van der Waals surface area contributed by atoms with Gasteiger partial charge in [-0.3, -0.25) is 0 Å². The average Bonchev–Trinajstić information content (AvgIpc) is 2.60. The van der Waals surface area contributed by atoms with Crippen LogP contribution in [-0.2, 0) is 0 Å². The zero-order valence-electron chi connectivity index (χ0n) is 10.0. The lowest BCUT2D eigenvalue weighted by Crippen LogP contribution is -2.35. The number of halogens is 1. The van der Waals surface area contributed by atoms with Crippen LogP contribution in [0.25, 0.3) is 0 Å². The standard InChI is InChI=1S/C12H19BrN2S/c1-9-10(2)16-12(14-9)15-7-3-4-11(8-15)5-6-13/h11H,3-8H2,1-2H3. The van der Waals surface area contributed by atoms with E-state index in [1.807, 2.05) is 11.3 Å². The van der Waals surface area contributed by atoms with Crippen molar-refractivity contribution in [3.8, 4) is 0 Å². The number of piperidine rings is 1. The van der Waals surface area contributed by atoms with Crippen LogP contribution in [-0.4, -0.2) is 23.4 Å². The Balaban J connectivity index is 2.03. The van der Waals surface area contributed by atoms with E-state index in [4.69, 9.17) is 0 Å². The Morgan fingerprint density at radius 2 is 2.31 bits per heavy atom. The summed E-state index contributed by atoms with van der Waals surface area (Å²) in [5, 5.41) is 2.36. The predicted molar refractivity (Wildman–Crippen MR) is 74.9 cm³/mol. The lowest BCUT2D eigenvalue weighted by Gasteiger charge is -2.32. The summed E-state index contributed by atoms with van der Waals surface area (Å²) >= 11 is 5.39. The number of aromatic nitrogens is 1. The van der Waals surface area contributed by atoms with Gasteiger partial charge in [0.25, 0.3) is 0 Å². The van der Waals surface area contributed by atoms with Crippen LogP contribution in [0.4, 0.5) is 5.13 Å². The van der Waals surface area contributed by atoms with Gasteiger partial charge in [0.15, 0.2) is 5.13 Å². The first-order valence-corrected chi connectivity index (χ1v) is 7.89. The fourth-order valence-corrected chi connectivity index (χ4v) is 3.81. The topological polar surface area (TPSA) is 16.1 Å². The van der Waals surface area contributed by atoms with Crippen molar-refractivity contribution < 1.29 is 0 Å².